The van der Waals surface area contributed by atoms with Crippen molar-refractivity contribution in [3.8, 4) is 5.75 Å². The van der Waals surface area contributed by atoms with Gasteiger partial charge in [0.25, 0.3) is 11.7 Å². The maximum atomic E-state index is 13.3. The standard InChI is InChI=1S/C28H28N2O4/c1-17-15-20-16-19(11-12-23(20)34-17)26(31)24-25(30(14-13-29(2)3)28(33)27(24)32)22-10-6-8-18-7-4-5-9-21(18)22/h4-12,16-17,25,31H,13-15H2,1-3H3. The molecule has 3 aromatic carbocycles. The van der Waals surface area contributed by atoms with Gasteiger partial charge < -0.3 is 19.6 Å². The molecule has 34 heavy (non-hydrogen) atoms. The first-order valence-corrected chi connectivity index (χ1v) is 11.6. The molecule has 6 nitrogen and oxygen atoms in total. The molecule has 2 aliphatic rings. The highest BCUT2D eigenvalue weighted by atomic mass is 16.5. The second-order valence-electron chi connectivity index (χ2n) is 9.32. The van der Waals surface area contributed by atoms with E-state index in [1.54, 1.807) is 11.0 Å². The molecular formula is C28H28N2O4. The third kappa shape index (κ3) is 3.74. The first-order valence-electron chi connectivity index (χ1n) is 11.6. The fourth-order valence-corrected chi connectivity index (χ4v) is 4.96. The molecule has 0 aromatic heterocycles. The third-order valence-corrected chi connectivity index (χ3v) is 6.62. The van der Waals surface area contributed by atoms with Gasteiger partial charge in [0.05, 0.1) is 11.6 Å². The van der Waals surface area contributed by atoms with Crippen molar-refractivity contribution in [1.29, 1.82) is 0 Å². The van der Waals surface area contributed by atoms with Crippen molar-refractivity contribution in [3.63, 3.8) is 0 Å². The van der Waals surface area contributed by atoms with Crippen molar-refractivity contribution in [2.24, 2.45) is 0 Å². The Balaban J connectivity index is 1.69. The minimum absolute atomic E-state index is 0.0692. The molecule has 2 aliphatic heterocycles. The van der Waals surface area contributed by atoms with Gasteiger partial charge in [-0.2, -0.15) is 0 Å². The molecule has 0 spiro atoms. The average Bonchev–Trinajstić information content (AvgIpc) is 3.32. The van der Waals surface area contributed by atoms with Crippen LogP contribution in [-0.4, -0.2) is 59.9 Å². The quantitative estimate of drug-likeness (QED) is 0.355. The van der Waals surface area contributed by atoms with E-state index in [1.807, 2.05) is 80.5 Å². The number of ether oxygens (including phenoxy) is 1. The minimum atomic E-state index is -0.672. The molecule has 1 saturated heterocycles. The van der Waals surface area contributed by atoms with Gasteiger partial charge in [-0.1, -0.05) is 42.5 Å². The fourth-order valence-electron chi connectivity index (χ4n) is 4.96. The number of amides is 1. The predicted octanol–water partition coefficient (Wildman–Crippen LogP) is 4.15. The van der Waals surface area contributed by atoms with Gasteiger partial charge in [0, 0.05) is 25.1 Å². The first-order chi connectivity index (χ1) is 16.3. The summed E-state index contributed by atoms with van der Waals surface area (Å²) in [6.45, 7) is 2.97. The second-order valence-corrected chi connectivity index (χ2v) is 9.32. The molecule has 174 valence electrons. The summed E-state index contributed by atoms with van der Waals surface area (Å²) in [4.78, 5) is 30.1. The van der Waals surface area contributed by atoms with Gasteiger partial charge >= 0.3 is 0 Å². The highest BCUT2D eigenvalue weighted by Crippen LogP contribution is 2.42. The van der Waals surface area contributed by atoms with Gasteiger partial charge in [-0.05, 0) is 61.1 Å². The Morgan fingerprint density at radius 3 is 2.65 bits per heavy atom. The lowest BCUT2D eigenvalue weighted by molar-refractivity contribution is -0.140. The number of likely N-dealkylation sites (tertiary alicyclic amines) is 1. The van der Waals surface area contributed by atoms with E-state index < -0.39 is 17.7 Å². The number of hydrogen-bond donors (Lipinski definition) is 1. The van der Waals surface area contributed by atoms with Crippen molar-refractivity contribution in [3.05, 3.63) is 82.9 Å². The van der Waals surface area contributed by atoms with Gasteiger partial charge in [0.2, 0.25) is 0 Å². The summed E-state index contributed by atoms with van der Waals surface area (Å²) in [7, 11) is 3.86. The zero-order valence-electron chi connectivity index (χ0n) is 19.6. The molecule has 1 fully saturated rings. The van der Waals surface area contributed by atoms with Crippen LogP contribution in [-0.2, 0) is 16.0 Å². The topological polar surface area (TPSA) is 70.1 Å². The van der Waals surface area contributed by atoms with Crippen LogP contribution in [0, 0.1) is 0 Å². The molecule has 1 amide bonds. The van der Waals surface area contributed by atoms with E-state index in [0.717, 1.165) is 34.1 Å². The fraction of sp³-hybridized carbons (Fsp3) is 0.286. The van der Waals surface area contributed by atoms with Gasteiger partial charge in [0.15, 0.2) is 0 Å². The Kier molecular flexibility index (Phi) is 5.62. The number of carbonyl (C=O) groups excluding carboxylic acids is 2. The summed E-state index contributed by atoms with van der Waals surface area (Å²) in [5.41, 5.74) is 2.47. The lowest BCUT2D eigenvalue weighted by Gasteiger charge is -2.27. The van der Waals surface area contributed by atoms with Crippen LogP contribution in [0.3, 0.4) is 0 Å². The van der Waals surface area contributed by atoms with Gasteiger partial charge in [0.1, 0.15) is 17.6 Å². The van der Waals surface area contributed by atoms with E-state index in [4.69, 9.17) is 4.74 Å². The minimum Gasteiger partial charge on any atom is -0.507 e. The smallest absolute Gasteiger partial charge is 0.295 e. The number of rotatable bonds is 5. The van der Waals surface area contributed by atoms with Crippen LogP contribution in [0.25, 0.3) is 16.5 Å². The lowest BCUT2D eigenvalue weighted by Crippen LogP contribution is -2.35. The number of aliphatic hydroxyl groups is 1. The number of benzene rings is 3. The Labute approximate surface area is 199 Å². The summed E-state index contributed by atoms with van der Waals surface area (Å²) in [5, 5.41) is 13.4. The number of ketones is 1. The molecule has 0 bridgehead atoms. The molecular weight excluding hydrogens is 428 g/mol. The monoisotopic (exact) mass is 456 g/mol. The van der Waals surface area contributed by atoms with Crippen molar-refractivity contribution >= 4 is 28.2 Å². The molecule has 0 aliphatic carbocycles. The van der Waals surface area contributed by atoms with Crippen molar-refractivity contribution < 1.29 is 19.4 Å². The molecule has 5 rings (SSSR count). The summed E-state index contributed by atoms with van der Waals surface area (Å²) in [6, 6.07) is 18.5. The van der Waals surface area contributed by atoms with Crippen LogP contribution < -0.4 is 4.74 Å². The Morgan fingerprint density at radius 1 is 1.09 bits per heavy atom. The van der Waals surface area contributed by atoms with Crippen LogP contribution in [0.15, 0.2) is 66.2 Å². The first kappa shape index (κ1) is 22.2. The van der Waals surface area contributed by atoms with Crippen molar-refractivity contribution in [1.82, 2.24) is 9.80 Å². The SMILES string of the molecule is CC1Cc2cc(C(O)=C3C(=O)C(=O)N(CCN(C)C)C3c3cccc4ccccc34)ccc2O1. The summed E-state index contributed by atoms with van der Waals surface area (Å²) in [6.07, 6.45) is 0.806. The van der Waals surface area contributed by atoms with E-state index in [2.05, 4.69) is 0 Å². The van der Waals surface area contributed by atoms with Gasteiger partial charge in [-0.15, -0.1) is 0 Å². The van der Waals surface area contributed by atoms with E-state index in [-0.39, 0.29) is 17.4 Å². The van der Waals surface area contributed by atoms with E-state index in [9.17, 15) is 14.7 Å². The lowest BCUT2D eigenvalue weighted by atomic mass is 9.91. The summed E-state index contributed by atoms with van der Waals surface area (Å²) < 4.78 is 5.78. The van der Waals surface area contributed by atoms with Crippen LogP contribution in [0.4, 0.5) is 0 Å². The maximum Gasteiger partial charge on any atom is 0.295 e. The Bertz CT molecular complexity index is 1320. The molecule has 2 heterocycles. The number of carbonyl (C=O) groups is 2. The molecule has 6 heteroatoms. The van der Waals surface area contributed by atoms with Crippen LogP contribution >= 0.6 is 0 Å². The number of aliphatic hydroxyl groups excluding tert-OH is 1. The van der Waals surface area contributed by atoms with Gasteiger partial charge in [-0.25, -0.2) is 0 Å². The zero-order valence-corrected chi connectivity index (χ0v) is 19.6. The molecule has 1 N–H and O–H groups in total. The molecule has 3 aromatic rings. The Morgan fingerprint density at radius 2 is 1.85 bits per heavy atom. The van der Waals surface area contributed by atoms with Crippen molar-refractivity contribution in [2.75, 3.05) is 27.2 Å². The summed E-state index contributed by atoms with van der Waals surface area (Å²) in [5.74, 6) is -0.592. The number of hydrogen-bond acceptors (Lipinski definition) is 5. The maximum absolute atomic E-state index is 13.3. The summed E-state index contributed by atoms with van der Waals surface area (Å²) >= 11 is 0. The number of Topliss-reactive ketones (excluding diaryl/α,β-unsaturated/α-hetero) is 1. The molecule has 0 saturated carbocycles. The Hall–Kier alpha value is -3.64. The third-order valence-electron chi connectivity index (χ3n) is 6.62. The van der Waals surface area contributed by atoms with Crippen molar-refractivity contribution in [2.45, 2.75) is 25.5 Å². The zero-order chi connectivity index (χ0) is 24.0. The molecule has 2 unspecified atom stereocenters. The predicted molar refractivity (Wildman–Crippen MR) is 132 cm³/mol. The number of likely N-dealkylation sites (N-methyl/N-ethyl adjacent to an activating group) is 1. The van der Waals surface area contributed by atoms with Gasteiger partial charge in [-0.3, -0.25) is 9.59 Å². The normalized spacial score (nSPS) is 21.4. The van der Waals surface area contributed by atoms with Crippen LogP contribution in [0.5, 0.6) is 5.75 Å². The van der Waals surface area contributed by atoms with Crippen LogP contribution in [0.2, 0.25) is 0 Å². The highest BCUT2D eigenvalue weighted by molar-refractivity contribution is 6.46. The van der Waals surface area contributed by atoms with Crippen LogP contribution in [0.1, 0.15) is 29.7 Å². The highest BCUT2D eigenvalue weighted by Gasteiger charge is 2.46. The average molecular weight is 457 g/mol. The second kappa shape index (κ2) is 8.61. The largest absolute Gasteiger partial charge is 0.507 e. The van der Waals surface area contributed by atoms with E-state index >= 15 is 0 Å². The molecule has 2 atom stereocenters. The molecule has 0 radical (unpaired) electrons. The number of fused-ring (bicyclic) bond motifs is 2. The number of nitrogens with zero attached hydrogens (tertiary/aromatic N) is 2. The van der Waals surface area contributed by atoms with E-state index in [1.165, 1.54) is 0 Å². The van der Waals surface area contributed by atoms with E-state index in [0.29, 0.717) is 18.7 Å².